The first-order valence-corrected chi connectivity index (χ1v) is 8.79. The van der Waals surface area contributed by atoms with Gasteiger partial charge >= 0.3 is 6.18 Å². The number of rotatable bonds is 1. The third-order valence-electron chi connectivity index (χ3n) is 5.17. The van der Waals surface area contributed by atoms with Crippen molar-refractivity contribution in [3.63, 3.8) is 0 Å². The molecule has 10 heteroatoms. The van der Waals surface area contributed by atoms with Crippen molar-refractivity contribution in [2.45, 2.75) is 44.9 Å². The van der Waals surface area contributed by atoms with Crippen molar-refractivity contribution >= 4 is 17.5 Å². The summed E-state index contributed by atoms with van der Waals surface area (Å²) in [7, 11) is 0. The van der Waals surface area contributed by atoms with Gasteiger partial charge in [-0.25, -0.2) is 0 Å². The van der Waals surface area contributed by atoms with E-state index in [-0.39, 0.29) is 37.3 Å². The quantitative estimate of drug-likeness (QED) is 0.808. The van der Waals surface area contributed by atoms with Gasteiger partial charge in [-0.1, -0.05) is 13.8 Å². The number of halogens is 3. The summed E-state index contributed by atoms with van der Waals surface area (Å²) in [6, 6.07) is 5.05. The Balaban J connectivity index is 1.60. The Morgan fingerprint density at radius 3 is 2.68 bits per heavy atom. The zero-order valence-corrected chi connectivity index (χ0v) is 15.3. The highest BCUT2D eigenvalue weighted by atomic mass is 19.4. The maximum absolute atomic E-state index is 13.0. The zero-order valence-electron chi connectivity index (χ0n) is 15.3. The molecule has 0 aliphatic carbocycles. The van der Waals surface area contributed by atoms with Crippen LogP contribution in [0.5, 0.6) is 0 Å². The first kappa shape index (κ1) is 18.5. The van der Waals surface area contributed by atoms with E-state index in [0.29, 0.717) is 17.7 Å². The molecule has 2 amide bonds. The third-order valence-corrected chi connectivity index (χ3v) is 5.17. The number of carbonyl (C=O) groups is 2. The molecule has 2 aliphatic heterocycles. The van der Waals surface area contributed by atoms with Crippen molar-refractivity contribution in [2.24, 2.45) is 0 Å². The van der Waals surface area contributed by atoms with Gasteiger partial charge in [0.25, 0.3) is 5.91 Å². The number of anilines is 1. The van der Waals surface area contributed by atoms with Crippen molar-refractivity contribution in [3.8, 4) is 0 Å². The van der Waals surface area contributed by atoms with Gasteiger partial charge in [0.05, 0.1) is 6.54 Å². The average Bonchev–Trinajstić information content (AvgIpc) is 3.03. The molecule has 1 aromatic carbocycles. The Kier molecular flexibility index (Phi) is 3.98. The lowest BCUT2D eigenvalue weighted by Gasteiger charge is -2.33. The van der Waals surface area contributed by atoms with E-state index >= 15 is 0 Å². The van der Waals surface area contributed by atoms with E-state index in [1.54, 1.807) is 18.2 Å². The van der Waals surface area contributed by atoms with Crippen LogP contribution in [0.1, 0.15) is 47.8 Å². The number of benzene rings is 1. The Morgan fingerprint density at radius 2 is 1.96 bits per heavy atom. The van der Waals surface area contributed by atoms with Crippen LogP contribution >= 0.6 is 0 Å². The van der Waals surface area contributed by atoms with Crippen LogP contribution in [0.4, 0.5) is 18.9 Å². The Bertz CT molecular complexity index is 980. The maximum Gasteiger partial charge on any atom is 0.451 e. The van der Waals surface area contributed by atoms with E-state index in [0.717, 1.165) is 10.1 Å². The molecule has 0 saturated carbocycles. The summed E-state index contributed by atoms with van der Waals surface area (Å²) in [5, 5.41) is 9.63. The zero-order chi connectivity index (χ0) is 20.3. The summed E-state index contributed by atoms with van der Waals surface area (Å²) in [6.45, 7) is 3.93. The summed E-state index contributed by atoms with van der Waals surface area (Å²) in [5.74, 6) is -1.30. The van der Waals surface area contributed by atoms with Gasteiger partial charge in [-0.2, -0.15) is 13.2 Å². The van der Waals surface area contributed by atoms with Crippen LogP contribution in [0.15, 0.2) is 18.2 Å². The fraction of sp³-hybridized carbons (Fsp3) is 0.444. The minimum absolute atomic E-state index is 0.0184. The predicted octanol–water partition coefficient (Wildman–Crippen LogP) is 2.57. The largest absolute Gasteiger partial charge is 0.451 e. The molecule has 0 radical (unpaired) electrons. The molecule has 1 N–H and O–H groups in total. The van der Waals surface area contributed by atoms with Crippen molar-refractivity contribution in [1.82, 2.24) is 19.7 Å². The van der Waals surface area contributed by atoms with Gasteiger partial charge in [-0.15, -0.1) is 10.2 Å². The van der Waals surface area contributed by atoms with Crippen LogP contribution in [0, 0.1) is 0 Å². The van der Waals surface area contributed by atoms with Crippen molar-refractivity contribution < 1.29 is 22.8 Å². The molecule has 4 rings (SSSR count). The lowest BCUT2D eigenvalue weighted by atomic mass is 9.77. The third kappa shape index (κ3) is 3.02. The van der Waals surface area contributed by atoms with Gasteiger partial charge in [0.15, 0.2) is 5.82 Å². The molecule has 0 unspecified atom stereocenters. The topological polar surface area (TPSA) is 80.1 Å². The number of nitrogens with zero attached hydrogens (tertiary/aromatic N) is 4. The van der Waals surface area contributed by atoms with Crippen LogP contribution in [-0.2, 0) is 29.5 Å². The second-order valence-electron chi connectivity index (χ2n) is 7.69. The normalized spacial score (nSPS) is 18.3. The number of hydrogen-bond donors (Lipinski definition) is 1. The first-order valence-electron chi connectivity index (χ1n) is 8.79. The number of alkyl halides is 3. The Morgan fingerprint density at radius 1 is 1.21 bits per heavy atom. The molecular weight excluding hydrogens is 375 g/mol. The predicted molar refractivity (Wildman–Crippen MR) is 92.5 cm³/mol. The van der Waals surface area contributed by atoms with E-state index in [1.165, 1.54) is 4.90 Å². The van der Waals surface area contributed by atoms with Crippen molar-refractivity contribution in [3.05, 3.63) is 41.0 Å². The van der Waals surface area contributed by atoms with Gasteiger partial charge in [0.2, 0.25) is 11.7 Å². The maximum atomic E-state index is 13.0. The number of fused-ring (bicyclic) bond motifs is 2. The lowest BCUT2D eigenvalue weighted by Crippen LogP contribution is -2.39. The summed E-state index contributed by atoms with van der Waals surface area (Å²) in [6.07, 6.45) is -4.27. The molecule has 1 aromatic heterocycles. The molecule has 2 aliphatic rings. The van der Waals surface area contributed by atoms with Gasteiger partial charge in [0.1, 0.15) is 0 Å². The van der Waals surface area contributed by atoms with Crippen LogP contribution in [0.25, 0.3) is 0 Å². The monoisotopic (exact) mass is 393 g/mol. The Hall–Kier alpha value is -2.91. The second kappa shape index (κ2) is 6.05. The van der Waals surface area contributed by atoms with Crippen LogP contribution in [0.2, 0.25) is 0 Å². The van der Waals surface area contributed by atoms with Crippen LogP contribution in [0.3, 0.4) is 0 Å². The molecule has 148 valence electrons. The van der Waals surface area contributed by atoms with E-state index in [1.807, 2.05) is 13.8 Å². The highest BCUT2D eigenvalue weighted by molar-refractivity contribution is 5.99. The lowest BCUT2D eigenvalue weighted by molar-refractivity contribution is -0.147. The number of hydrogen-bond acceptors (Lipinski definition) is 4. The van der Waals surface area contributed by atoms with Crippen LogP contribution < -0.4 is 5.32 Å². The van der Waals surface area contributed by atoms with Gasteiger partial charge in [0, 0.05) is 36.2 Å². The molecule has 0 saturated heterocycles. The molecule has 0 atom stereocenters. The molecule has 28 heavy (non-hydrogen) atoms. The molecule has 7 nitrogen and oxygen atoms in total. The molecular formula is C18H18F3N5O2. The van der Waals surface area contributed by atoms with E-state index < -0.39 is 17.4 Å². The number of amides is 2. The number of nitrogens with one attached hydrogen (secondary N) is 1. The summed E-state index contributed by atoms with van der Waals surface area (Å²) < 4.78 is 39.9. The van der Waals surface area contributed by atoms with E-state index in [2.05, 4.69) is 15.5 Å². The fourth-order valence-corrected chi connectivity index (χ4v) is 3.76. The van der Waals surface area contributed by atoms with E-state index in [4.69, 9.17) is 0 Å². The number of carbonyl (C=O) groups excluding carboxylic acids is 2. The summed E-state index contributed by atoms with van der Waals surface area (Å²) in [4.78, 5) is 26.2. The van der Waals surface area contributed by atoms with Gasteiger partial charge in [-0.3, -0.25) is 9.59 Å². The molecule has 0 bridgehead atoms. The Labute approximate surface area is 158 Å². The minimum atomic E-state index is -4.58. The second-order valence-corrected chi connectivity index (χ2v) is 7.69. The first-order chi connectivity index (χ1) is 13.1. The fourth-order valence-electron chi connectivity index (χ4n) is 3.76. The SMILES string of the molecule is CC1(C)CC(=O)Nc2ccc(C(=O)N3CCn4c(nnc4C(F)(F)F)C3)cc21. The smallest absolute Gasteiger partial charge is 0.329 e. The van der Waals surface area contributed by atoms with E-state index in [9.17, 15) is 22.8 Å². The van der Waals surface area contributed by atoms with Crippen molar-refractivity contribution in [1.29, 1.82) is 0 Å². The molecule has 2 aromatic rings. The minimum Gasteiger partial charge on any atom is -0.329 e. The molecule has 0 fully saturated rings. The van der Waals surface area contributed by atoms with Gasteiger partial charge < -0.3 is 14.8 Å². The standard InChI is InChI=1S/C18H18F3N5O2/c1-17(2)8-14(27)22-12-4-3-10(7-11(12)17)15(28)25-5-6-26-13(9-25)23-24-16(26)18(19,20)21/h3-4,7H,5-6,8-9H2,1-2H3,(H,22,27). The highest BCUT2D eigenvalue weighted by Gasteiger charge is 2.40. The van der Waals surface area contributed by atoms with Crippen LogP contribution in [-0.4, -0.2) is 38.0 Å². The summed E-state index contributed by atoms with van der Waals surface area (Å²) >= 11 is 0. The molecule has 0 spiro atoms. The van der Waals surface area contributed by atoms with Crippen molar-refractivity contribution in [2.75, 3.05) is 11.9 Å². The van der Waals surface area contributed by atoms with Gasteiger partial charge in [-0.05, 0) is 23.8 Å². The molecule has 3 heterocycles. The summed E-state index contributed by atoms with van der Waals surface area (Å²) in [5.41, 5.74) is 1.54. The highest BCUT2D eigenvalue weighted by Crippen LogP contribution is 2.38. The average molecular weight is 393 g/mol. The number of aromatic nitrogens is 3.